The van der Waals surface area contributed by atoms with E-state index in [9.17, 15) is 13.2 Å². The summed E-state index contributed by atoms with van der Waals surface area (Å²) in [6.07, 6.45) is -4.30. The van der Waals surface area contributed by atoms with Gasteiger partial charge in [-0.05, 0) is 11.4 Å². The quantitative estimate of drug-likeness (QED) is 0.831. The molecule has 2 N–H and O–H groups in total. The highest BCUT2D eigenvalue weighted by atomic mass is 32.1. The van der Waals surface area contributed by atoms with Gasteiger partial charge in [-0.1, -0.05) is 0 Å². The molecule has 0 saturated heterocycles. The van der Waals surface area contributed by atoms with Gasteiger partial charge in [-0.3, -0.25) is 0 Å². The first-order valence-corrected chi connectivity index (χ1v) is 4.37. The van der Waals surface area contributed by atoms with Gasteiger partial charge in [0.15, 0.2) is 6.61 Å². The van der Waals surface area contributed by atoms with Gasteiger partial charge in [0.1, 0.15) is 5.75 Å². The van der Waals surface area contributed by atoms with Gasteiger partial charge in [0.05, 0.1) is 4.88 Å². The molecule has 0 bridgehead atoms. The third-order valence-electron chi connectivity index (χ3n) is 1.28. The summed E-state index contributed by atoms with van der Waals surface area (Å²) in [5.41, 5.74) is 5.28. The molecule has 0 unspecified atom stereocenters. The molecule has 13 heavy (non-hydrogen) atoms. The molecule has 0 saturated carbocycles. The fourth-order valence-electron chi connectivity index (χ4n) is 0.766. The molecule has 2 nitrogen and oxygen atoms in total. The molecule has 0 spiro atoms. The molecule has 0 aliphatic rings. The summed E-state index contributed by atoms with van der Waals surface area (Å²) < 4.78 is 39.7. The molecule has 1 aromatic rings. The minimum absolute atomic E-state index is 0.199. The zero-order valence-electron chi connectivity index (χ0n) is 6.60. The van der Waals surface area contributed by atoms with Gasteiger partial charge in [-0.25, -0.2) is 0 Å². The van der Waals surface area contributed by atoms with Crippen molar-refractivity contribution in [3.05, 3.63) is 16.3 Å². The van der Waals surface area contributed by atoms with E-state index >= 15 is 0 Å². The van der Waals surface area contributed by atoms with Crippen LogP contribution in [0.4, 0.5) is 13.2 Å². The third-order valence-corrected chi connectivity index (χ3v) is 2.21. The van der Waals surface area contributed by atoms with Crippen molar-refractivity contribution in [1.82, 2.24) is 0 Å². The van der Waals surface area contributed by atoms with Crippen LogP contribution < -0.4 is 10.5 Å². The van der Waals surface area contributed by atoms with Crippen molar-refractivity contribution < 1.29 is 17.9 Å². The van der Waals surface area contributed by atoms with Gasteiger partial charge < -0.3 is 10.5 Å². The Kier molecular flexibility index (Phi) is 3.16. The second kappa shape index (κ2) is 3.97. The summed E-state index contributed by atoms with van der Waals surface area (Å²) in [7, 11) is 0. The average molecular weight is 211 g/mol. The summed E-state index contributed by atoms with van der Waals surface area (Å²) in [5.74, 6) is 0.227. The summed E-state index contributed by atoms with van der Waals surface area (Å²) in [5, 5.41) is 1.65. The van der Waals surface area contributed by atoms with Crippen LogP contribution in [0, 0.1) is 0 Å². The van der Waals surface area contributed by atoms with Crippen LogP contribution in [0.25, 0.3) is 0 Å². The van der Waals surface area contributed by atoms with Crippen molar-refractivity contribution in [2.24, 2.45) is 5.73 Å². The second-order valence-electron chi connectivity index (χ2n) is 2.32. The maximum atomic E-state index is 11.7. The lowest BCUT2D eigenvalue weighted by Crippen LogP contribution is -2.19. The second-order valence-corrected chi connectivity index (χ2v) is 3.32. The summed E-state index contributed by atoms with van der Waals surface area (Å²) in [6.45, 7) is -1.07. The van der Waals surface area contributed by atoms with Crippen molar-refractivity contribution in [2.45, 2.75) is 12.7 Å². The molecule has 0 aliphatic carbocycles. The van der Waals surface area contributed by atoms with Crippen LogP contribution in [0.5, 0.6) is 5.75 Å². The lowest BCUT2D eigenvalue weighted by atomic mass is 10.4. The Morgan fingerprint density at radius 2 is 2.15 bits per heavy atom. The molecular formula is C7H8F3NOS. The molecule has 6 heteroatoms. The van der Waals surface area contributed by atoms with Crippen LogP contribution in [0.1, 0.15) is 4.88 Å². The number of alkyl halides is 3. The number of nitrogens with two attached hydrogens (primary N) is 1. The number of rotatable bonds is 3. The van der Waals surface area contributed by atoms with Gasteiger partial charge in [0.2, 0.25) is 0 Å². The highest BCUT2D eigenvalue weighted by Crippen LogP contribution is 2.26. The Morgan fingerprint density at radius 1 is 1.46 bits per heavy atom. The largest absolute Gasteiger partial charge is 0.483 e. The standard InChI is InChI=1S/C7H8F3NOS/c8-7(9,10)4-12-5-1-2-13-6(5)3-11/h1-2H,3-4,11H2. The predicted octanol–water partition coefficient (Wildman–Crippen LogP) is 2.15. The lowest BCUT2D eigenvalue weighted by Gasteiger charge is -2.08. The summed E-state index contributed by atoms with van der Waals surface area (Å²) >= 11 is 1.28. The monoisotopic (exact) mass is 211 g/mol. The Hall–Kier alpha value is -0.750. The minimum atomic E-state index is -4.30. The Labute approximate surface area is 77.1 Å². The molecule has 74 valence electrons. The Morgan fingerprint density at radius 3 is 2.69 bits per heavy atom. The highest BCUT2D eigenvalue weighted by Gasteiger charge is 2.28. The normalized spacial score (nSPS) is 11.7. The summed E-state index contributed by atoms with van der Waals surface area (Å²) in [4.78, 5) is 0.629. The van der Waals surface area contributed by atoms with Crippen LogP contribution in [0.15, 0.2) is 11.4 Å². The van der Waals surface area contributed by atoms with E-state index in [0.29, 0.717) is 4.88 Å². The van der Waals surface area contributed by atoms with E-state index in [1.165, 1.54) is 17.4 Å². The molecule has 0 aliphatic heterocycles. The van der Waals surface area contributed by atoms with Crippen molar-refractivity contribution in [2.75, 3.05) is 6.61 Å². The van der Waals surface area contributed by atoms with Crippen molar-refractivity contribution in [3.8, 4) is 5.75 Å². The van der Waals surface area contributed by atoms with Crippen molar-refractivity contribution in [1.29, 1.82) is 0 Å². The molecule has 0 fully saturated rings. The predicted molar refractivity (Wildman–Crippen MR) is 43.8 cm³/mol. The number of hydrogen-bond donors (Lipinski definition) is 1. The van der Waals surface area contributed by atoms with Crippen LogP contribution in [0.3, 0.4) is 0 Å². The summed E-state index contributed by atoms with van der Waals surface area (Å²) in [6, 6.07) is 1.48. The van der Waals surface area contributed by atoms with E-state index < -0.39 is 12.8 Å². The van der Waals surface area contributed by atoms with E-state index in [1.54, 1.807) is 5.38 Å². The smallest absolute Gasteiger partial charge is 0.422 e. The number of thiophene rings is 1. The zero-order chi connectivity index (χ0) is 9.90. The topological polar surface area (TPSA) is 35.2 Å². The van der Waals surface area contributed by atoms with Crippen LogP contribution >= 0.6 is 11.3 Å². The number of hydrogen-bond acceptors (Lipinski definition) is 3. The van der Waals surface area contributed by atoms with Gasteiger partial charge >= 0.3 is 6.18 Å². The first-order chi connectivity index (χ1) is 6.03. The van der Waals surface area contributed by atoms with Gasteiger partial charge in [-0.2, -0.15) is 13.2 Å². The fourth-order valence-corrected chi connectivity index (χ4v) is 1.46. The molecule has 0 aromatic carbocycles. The molecule has 1 heterocycles. The lowest BCUT2D eigenvalue weighted by molar-refractivity contribution is -0.153. The van der Waals surface area contributed by atoms with E-state index in [4.69, 9.17) is 5.73 Å². The van der Waals surface area contributed by atoms with E-state index in [1.807, 2.05) is 0 Å². The minimum Gasteiger partial charge on any atom is -0.483 e. The SMILES string of the molecule is NCc1sccc1OCC(F)(F)F. The van der Waals surface area contributed by atoms with Crippen molar-refractivity contribution in [3.63, 3.8) is 0 Å². The van der Waals surface area contributed by atoms with E-state index in [2.05, 4.69) is 4.74 Å². The van der Waals surface area contributed by atoms with Gasteiger partial charge in [-0.15, -0.1) is 11.3 Å². The fraction of sp³-hybridized carbons (Fsp3) is 0.429. The molecule has 0 amide bonds. The first kappa shape index (κ1) is 10.3. The van der Waals surface area contributed by atoms with E-state index in [0.717, 1.165) is 0 Å². The third kappa shape index (κ3) is 3.23. The van der Waals surface area contributed by atoms with Crippen LogP contribution in [-0.4, -0.2) is 12.8 Å². The average Bonchev–Trinajstić information content (AvgIpc) is 2.46. The molecular weight excluding hydrogens is 203 g/mol. The first-order valence-electron chi connectivity index (χ1n) is 3.49. The van der Waals surface area contributed by atoms with Gasteiger partial charge in [0.25, 0.3) is 0 Å². The molecule has 1 aromatic heterocycles. The Balaban J connectivity index is 2.54. The number of ether oxygens (including phenoxy) is 1. The Bertz CT molecular complexity index is 271. The van der Waals surface area contributed by atoms with Crippen LogP contribution in [0.2, 0.25) is 0 Å². The number of halogens is 3. The maximum absolute atomic E-state index is 11.7. The van der Waals surface area contributed by atoms with Crippen molar-refractivity contribution >= 4 is 11.3 Å². The molecule has 1 rings (SSSR count). The van der Waals surface area contributed by atoms with Gasteiger partial charge in [0, 0.05) is 6.54 Å². The van der Waals surface area contributed by atoms with Crippen LogP contribution in [-0.2, 0) is 6.54 Å². The zero-order valence-corrected chi connectivity index (χ0v) is 7.41. The molecule has 0 atom stereocenters. The maximum Gasteiger partial charge on any atom is 0.422 e. The highest BCUT2D eigenvalue weighted by molar-refractivity contribution is 7.10. The van der Waals surface area contributed by atoms with E-state index in [-0.39, 0.29) is 12.3 Å². The molecule has 0 radical (unpaired) electrons.